The fraction of sp³-hybridized carbons (Fsp3) is 0.700. The first kappa shape index (κ1) is 10.3. The van der Waals surface area contributed by atoms with Crippen LogP contribution in [0.25, 0.3) is 0 Å². The number of hydrogen-bond acceptors (Lipinski definition) is 2. The van der Waals surface area contributed by atoms with Gasteiger partial charge in [0.05, 0.1) is 5.92 Å². The van der Waals surface area contributed by atoms with Gasteiger partial charge in [-0.25, -0.2) is 0 Å². The van der Waals surface area contributed by atoms with Crippen molar-refractivity contribution in [1.82, 2.24) is 4.90 Å². The van der Waals surface area contributed by atoms with Crippen LogP contribution in [0.15, 0.2) is 12.7 Å². The maximum Gasteiger partial charge on any atom is 0.227 e. The normalized spacial score (nSPS) is 27.2. The van der Waals surface area contributed by atoms with Crippen molar-refractivity contribution in [3.05, 3.63) is 12.7 Å². The van der Waals surface area contributed by atoms with Gasteiger partial charge in [-0.3, -0.25) is 4.79 Å². The number of carbonyl (C=O) groups excluding carboxylic acids is 1. The molecule has 3 heteroatoms. The Morgan fingerprint density at radius 2 is 2.38 bits per heavy atom. The van der Waals surface area contributed by atoms with Crippen LogP contribution < -0.4 is 5.73 Å². The molecule has 0 aromatic heterocycles. The summed E-state index contributed by atoms with van der Waals surface area (Å²) in [7, 11) is 1.80. The molecule has 13 heavy (non-hydrogen) atoms. The molecule has 1 aliphatic rings. The minimum atomic E-state index is 0.0462. The van der Waals surface area contributed by atoms with E-state index in [0.717, 1.165) is 19.3 Å². The van der Waals surface area contributed by atoms with Crippen LogP contribution in [-0.4, -0.2) is 30.4 Å². The molecule has 0 spiro atoms. The second-order valence-electron chi connectivity index (χ2n) is 3.71. The lowest BCUT2D eigenvalue weighted by Crippen LogP contribution is -2.39. The molecule has 1 saturated carbocycles. The van der Waals surface area contributed by atoms with Gasteiger partial charge in [0, 0.05) is 19.6 Å². The van der Waals surface area contributed by atoms with E-state index in [0.29, 0.717) is 6.54 Å². The van der Waals surface area contributed by atoms with E-state index in [1.807, 2.05) is 0 Å². The zero-order valence-corrected chi connectivity index (χ0v) is 8.20. The van der Waals surface area contributed by atoms with Crippen LogP contribution in [0.2, 0.25) is 0 Å². The van der Waals surface area contributed by atoms with Crippen LogP contribution in [0.3, 0.4) is 0 Å². The number of rotatable bonds is 3. The lowest BCUT2D eigenvalue weighted by molar-refractivity contribution is -0.133. The molecule has 0 aromatic rings. The third-order valence-corrected chi connectivity index (χ3v) is 2.67. The zero-order chi connectivity index (χ0) is 9.84. The number of carbonyl (C=O) groups is 1. The van der Waals surface area contributed by atoms with Gasteiger partial charge in [-0.15, -0.1) is 6.58 Å². The number of nitrogens with two attached hydrogens (primary N) is 1. The summed E-state index contributed by atoms with van der Waals surface area (Å²) in [5, 5.41) is 0. The Kier molecular flexibility index (Phi) is 3.48. The molecular formula is C10H18N2O. The summed E-state index contributed by atoms with van der Waals surface area (Å²) in [6, 6.07) is 0.0692. The van der Waals surface area contributed by atoms with Gasteiger partial charge < -0.3 is 10.6 Å². The Morgan fingerprint density at radius 1 is 1.69 bits per heavy atom. The van der Waals surface area contributed by atoms with E-state index in [1.165, 1.54) is 0 Å². The molecule has 74 valence electrons. The smallest absolute Gasteiger partial charge is 0.227 e. The summed E-state index contributed by atoms with van der Waals surface area (Å²) in [4.78, 5) is 13.4. The molecule has 1 aliphatic carbocycles. The molecule has 2 unspecified atom stereocenters. The van der Waals surface area contributed by atoms with Crippen LogP contribution in [0.4, 0.5) is 0 Å². The molecule has 2 atom stereocenters. The lowest BCUT2D eigenvalue weighted by atomic mass is 10.0. The van der Waals surface area contributed by atoms with Crippen molar-refractivity contribution in [1.29, 1.82) is 0 Å². The summed E-state index contributed by atoms with van der Waals surface area (Å²) in [6.45, 7) is 4.22. The van der Waals surface area contributed by atoms with Gasteiger partial charge in [-0.1, -0.05) is 12.5 Å². The van der Waals surface area contributed by atoms with Crippen LogP contribution in [0.5, 0.6) is 0 Å². The summed E-state index contributed by atoms with van der Waals surface area (Å²) in [6.07, 6.45) is 4.75. The Morgan fingerprint density at radius 3 is 2.85 bits per heavy atom. The van der Waals surface area contributed by atoms with E-state index in [1.54, 1.807) is 18.0 Å². The van der Waals surface area contributed by atoms with Crippen molar-refractivity contribution in [3.63, 3.8) is 0 Å². The summed E-state index contributed by atoms with van der Waals surface area (Å²) >= 11 is 0. The van der Waals surface area contributed by atoms with Crippen molar-refractivity contribution < 1.29 is 4.79 Å². The molecule has 2 N–H and O–H groups in total. The predicted molar refractivity (Wildman–Crippen MR) is 53.2 cm³/mol. The highest BCUT2D eigenvalue weighted by molar-refractivity contribution is 5.79. The molecule has 0 heterocycles. The molecule has 0 radical (unpaired) electrons. The third kappa shape index (κ3) is 2.31. The van der Waals surface area contributed by atoms with Crippen molar-refractivity contribution >= 4 is 5.91 Å². The molecule has 3 nitrogen and oxygen atoms in total. The van der Waals surface area contributed by atoms with Crippen molar-refractivity contribution in [3.8, 4) is 0 Å². The van der Waals surface area contributed by atoms with Crippen molar-refractivity contribution in [2.24, 2.45) is 11.7 Å². The quantitative estimate of drug-likeness (QED) is 0.655. The molecule has 0 saturated heterocycles. The molecule has 0 aliphatic heterocycles. The Labute approximate surface area is 79.6 Å². The third-order valence-electron chi connectivity index (χ3n) is 2.67. The monoisotopic (exact) mass is 182 g/mol. The average Bonchev–Trinajstić information content (AvgIpc) is 2.50. The maximum absolute atomic E-state index is 11.7. The van der Waals surface area contributed by atoms with E-state index in [4.69, 9.17) is 5.73 Å². The van der Waals surface area contributed by atoms with Crippen LogP contribution >= 0.6 is 0 Å². The largest absolute Gasteiger partial charge is 0.342 e. The van der Waals surface area contributed by atoms with Crippen molar-refractivity contribution in [2.75, 3.05) is 13.6 Å². The minimum absolute atomic E-state index is 0.0462. The highest BCUT2D eigenvalue weighted by Gasteiger charge is 2.31. The van der Waals surface area contributed by atoms with E-state index >= 15 is 0 Å². The minimum Gasteiger partial charge on any atom is -0.342 e. The fourth-order valence-electron chi connectivity index (χ4n) is 1.86. The van der Waals surface area contributed by atoms with Gasteiger partial charge in [0.2, 0.25) is 5.91 Å². The van der Waals surface area contributed by atoms with Crippen molar-refractivity contribution in [2.45, 2.75) is 25.3 Å². The Balaban J connectivity index is 2.50. The maximum atomic E-state index is 11.7. The number of likely N-dealkylation sites (N-methyl/N-ethyl adjacent to an activating group) is 1. The van der Waals surface area contributed by atoms with Gasteiger partial charge >= 0.3 is 0 Å². The van der Waals surface area contributed by atoms with Gasteiger partial charge in [0.1, 0.15) is 0 Å². The zero-order valence-electron chi connectivity index (χ0n) is 8.20. The second kappa shape index (κ2) is 4.42. The van der Waals surface area contributed by atoms with Crippen LogP contribution in [0, 0.1) is 5.92 Å². The predicted octanol–water partition coefficient (Wildman–Crippen LogP) is 0.758. The fourth-order valence-corrected chi connectivity index (χ4v) is 1.86. The highest BCUT2D eigenvalue weighted by atomic mass is 16.2. The summed E-state index contributed by atoms with van der Waals surface area (Å²) in [5.74, 6) is 0.217. The van der Waals surface area contributed by atoms with Crippen LogP contribution in [0.1, 0.15) is 19.3 Å². The lowest BCUT2D eigenvalue weighted by Gasteiger charge is -2.21. The number of nitrogens with zero attached hydrogens (tertiary/aromatic N) is 1. The van der Waals surface area contributed by atoms with Crippen LogP contribution in [-0.2, 0) is 4.79 Å². The molecule has 1 fully saturated rings. The van der Waals surface area contributed by atoms with E-state index in [2.05, 4.69) is 6.58 Å². The molecule has 0 bridgehead atoms. The number of amides is 1. The van der Waals surface area contributed by atoms with E-state index in [-0.39, 0.29) is 17.9 Å². The topological polar surface area (TPSA) is 46.3 Å². The average molecular weight is 182 g/mol. The molecule has 1 amide bonds. The number of hydrogen-bond donors (Lipinski definition) is 1. The Hall–Kier alpha value is -0.830. The standard InChI is InChI=1S/C10H18N2O/c1-3-7-12(2)10(13)8-5-4-6-9(8)11/h3,8-9H,1,4-7,11H2,2H3. The summed E-state index contributed by atoms with van der Waals surface area (Å²) in [5.41, 5.74) is 5.84. The molecular weight excluding hydrogens is 164 g/mol. The van der Waals surface area contributed by atoms with E-state index in [9.17, 15) is 4.79 Å². The first-order valence-corrected chi connectivity index (χ1v) is 4.78. The van der Waals surface area contributed by atoms with Gasteiger partial charge in [-0.2, -0.15) is 0 Å². The first-order valence-electron chi connectivity index (χ1n) is 4.78. The van der Waals surface area contributed by atoms with Gasteiger partial charge in [0.25, 0.3) is 0 Å². The SMILES string of the molecule is C=CCN(C)C(=O)C1CCCC1N. The highest BCUT2D eigenvalue weighted by Crippen LogP contribution is 2.25. The first-order chi connectivity index (χ1) is 6.16. The van der Waals surface area contributed by atoms with Gasteiger partial charge in [-0.05, 0) is 12.8 Å². The second-order valence-corrected chi connectivity index (χ2v) is 3.71. The molecule has 0 aromatic carbocycles. The molecule has 1 rings (SSSR count). The Bertz CT molecular complexity index is 203. The van der Waals surface area contributed by atoms with E-state index < -0.39 is 0 Å². The van der Waals surface area contributed by atoms with Gasteiger partial charge in [0.15, 0.2) is 0 Å². The summed E-state index contributed by atoms with van der Waals surface area (Å²) < 4.78 is 0.